The number of benzene rings is 1. The number of unbranched alkanes of at least 4 members (excludes halogenated alkanes) is 2. The van der Waals surface area contributed by atoms with Gasteiger partial charge in [0.25, 0.3) is 0 Å². The van der Waals surface area contributed by atoms with E-state index in [9.17, 15) is 0 Å². The number of aliphatic imine (C=N–C) groups is 1. The van der Waals surface area contributed by atoms with E-state index in [1.54, 1.807) is 0 Å². The molecule has 5 heteroatoms. The molecule has 25 heavy (non-hydrogen) atoms. The molecule has 0 radical (unpaired) electrons. The Morgan fingerprint density at radius 2 is 2.00 bits per heavy atom. The molecule has 0 aromatic heterocycles. The summed E-state index contributed by atoms with van der Waals surface area (Å²) in [7, 11) is 2.09. The van der Waals surface area contributed by atoms with Gasteiger partial charge in [-0.25, -0.2) is 0 Å². The molecule has 0 saturated heterocycles. The first kappa shape index (κ1) is 23.9. The Labute approximate surface area is 170 Å². The van der Waals surface area contributed by atoms with Crippen LogP contribution in [0.4, 0.5) is 0 Å². The monoisotopic (exact) mass is 459 g/mol. The van der Waals surface area contributed by atoms with Crippen molar-refractivity contribution >= 4 is 29.9 Å². The van der Waals surface area contributed by atoms with Gasteiger partial charge in [0, 0.05) is 33.3 Å². The molecule has 1 rings (SSSR count). The smallest absolute Gasteiger partial charge is 0.193 e. The minimum atomic E-state index is 0. The van der Waals surface area contributed by atoms with Crippen LogP contribution in [0.1, 0.15) is 38.2 Å². The predicted molar refractivity (Wildman–Crippen MR) is 119 cm³/mol. The summed E-state index contributed by atoms with van der Waals surface area (Å²) in [5.74, 6) is 0.992. The summed E-state index contributed by atoms with van der Waals surface area (Å²) in [5.41, 5.74) is 1.23. The van der Waals surface area contributed by atoms with Gasteiger partial charge in [-0.2, -0.15) is 0 Å². The Balaban J connectivity index is 0.00000576. The fraction of sp³-hybridized carbons (Fsp3) is 0.550. The molecule has 0 aliphatic rings. The van der Waals surface area contributed by atoms with Gasteiger partial charge in [0.05, 0.1) is 6.61 Å². The topological polar surface area (TPSA) is 36.9 Å². The second-order valence-electron chi connectivity index (χ2n) is 5.83. The van der Waals surface area contributed by atoms with Crippen molar-refractivity contribution in [2.24, 2.45) is 4.99 Å². The van der Waals surface area contributed by atoms with E-state index in [-0.39, 0.29) is 24.0 Å². The van der Waals surface area contributed by atoms with Crippen molar-refractivity contribution in [2.75, 3.05) is 33.3 Å². The third-order valence-corrected chi connectivity index (χ3v) is 3.67. The number of allylic oxidation sites excluding steroid dienone is 1. The van der Waals surface area contributed by atoms with Crippen molar-refractivity contribution in [1.82, 2.24) is 10.2 Å². The first-order chi connectivity index (χ1) is 11.8. The molecule has 1 aromatic carbocycles. The third-order valence-electron chi connectivity index (χ3n) is 3.67. The van der Waals surface area contributed by atoms with Crippen LogP contribution >= 0.6 is 24.0 Å². The zero-order valence-corrected chi connectivity index (χ0v) is 18.1. The van der Waals surface area contributed by atoms with E-state index in [4.69, 9.17) is 9.73 Å². The quantitative estimate of drug-likeness (QED) is 0.165. The van der Waals surface area contributed by atoms with Crippen molar-refractivity contribution < 1.29 is 4.74 Å². The Kier molecular flexibility index (Phi) is 15.7. The Morgan fingerprint density at radius 1 is 1.24 bits per heavy atom. The van der Waals surface area contributed by atoms with Gasteiger partial charge in [0.15, 0.2) is 5.96 Å². The highest BCUT2D eigenvalue weighted by molar-refractivity contribution is 14.0. The van der Waals surface area contributed by atoms with Crippen molar-refractivity contribution in [2.45, 2.75) is 39.2 Å². The van der Waals surface area contributed by atoms with Crippen LogP contribution in [0.3, 0.4) is 0 Å². The average molecular weight is 459 g/mol. The van der Waals surface area contributed by atoms with Crippen LogP contribution in [0.25, 0.3) is 0 Å². The summed E-state index contributed by atoms with van der Waals surface area (Å²) in [6.07, 6.45) is 6.20. The fourth-order valence-electron chi connectivity index (χ4n) is 2.31. The number of hydrogen-bond acceptors (Lipinski definition) is 2. The maximum atomic E-state index is 5.70. The largest absolute Gasteiger partial charge is 0.377 e. The maximum Gasteiger partial charge on any atom is 0.193 e. The van der Waals surface area contributed by atoms with Crippen molar-refractivity contribution in [3.05, 3.63) is 48.6 Å². The van der Waals surface area contributed by atoms with Gasteiger partial charge in [-0.15, -0.1) is 30.6 Å². The fourth-order valence-corrected chi connectivity index (χ4v) is 2.31. The standard InChI is InChI=1S/C20H33N3O.HI/c1-4-6-11-16-23(3)20(21-5-2)22-15-10-12-17-24-18-19-13-8-7-9-14-19;/h4,7-9,13-14H,1,5-6,10-12,15-18H2,2-3H3,(H,21,22);1H. The van der Waals surface area contributed by atoms with E-state index in [0.29, 0.717) is 6.61 Å². The van der Waals surface area contributed by atoms with Crippen LogP contribution in [0, 0.1) is 0 Å². The van der Waals surface area contributed by atoms with Gasteiger partial charge < -0.3 is 15.0 Å². The molecule has 142 valence electrons. The lowest BCUT2D eigenvalue weighted by Gasteiger charge is -2.21. The van der Waals surface area contributed by atoms with Gasteiger partial charge in [-0.1, -0.05) is 36.4 Å². The molecule has 0 unspecified atom stereocenters. The van der Waals surface area contributed by atoms with Crippen LogP contribution in [-0.2, 0) is 11.3 Å². The summed E-state index contributed by atoms with van der Waals surface area (Å²) >= 11 is 0. The average Bonchev–Trinajstić information content (AvgIpc) is 2.61. The summed E-state index contributed by atoms with van der Waals surface area (Å²) in [5, 5.41) is 3.35. The molecule has 0 amide bonds. The summed E-state index contributed by atoms with van der Waals surface area (Å²) in [6, 6.07) is 10.3. The van der Waals surface area contributed by atoms with Crippen LogP contribution in [0.2, 0.25) is 0 Å². The van der Waals surface area contributed by atoms with Crippen molar-refractivity contribution in [3.63, 3.8) is 0 Å². The van der Waals surface area contributed by atoms with E-state index in [1.165, 1.54) is 5.56 Å². The van der Waals surface area contributed by atoms with Gasteiger partial charge in [-0.3, -0.25) is 4.99 Å². The van der Waals surface area contributed by atoms with E-state index in [0.717, 1.165) is 57.9 Å². The molecular weight excluding hydrogens is 425 g/mol. The molecule has 0 fully saturated rings. The first-order valence-electron chi connectivity index (χ1n) is 9.00. The van der Waals surface area contributed by atoms with Gasteiger partial charge >= 0.3 is 0 Å². The lowest BCUT2D eigenvalue weighted by atomic mass is 10.2. The number of guanidine groups is 1. The Hall–Kier alpha value is -1.08. The highest BCUT2D eigenvalue weighted by atomic mass is 127. The highest BCUT2D eigenvalue weighted by Gasteiger charge is 2.04. The number of hydrogen-bond donors (Lipinski definition) is 1. The molecule has 4 nitrogen and oxygen atoms in total. The molecule has 0 aliphatic carbocycles. The summed E-state index contributed by atoms with van der Waals surface area (Å²) < 4.78 is 5.70. The highest BCUT2D eigenvalue weighted by Crippen LogP contribution is 2.02. The van der Waals surface area contributed by atoms with Gasteiger partial charge in [0.1, 0.15) is 0 Å². The molecule has 0 bridgehead atoms. The van der Waals surface area contributed by atoms with Gasteiger partial charge in [0.2, 0.25) is 0 Å². The molecule has 0 aliphatic heterocycles. The third kappa shape index (κ3) is 12.0. The van der Waals surface area contributed by atoms with Crippen molar-refractivity contribution in [1.29, 1.82) is 0 Å². The van der Waals surface area contributed by atoms with E-state index in [2.05, 4.69) is 42.9 Å². The summed E-state index contributed by atoms with van der Waals surface area (Å²) in [4.78, 5) is 6.89. The molecule has 1 N–H and O–H groups in total. The second kappa shape index (κ2) is 16.4. The number of ether oxygens (including phenoxy) is 1. The predicted octanol–water partition coefficient (Wildman–Crippen LogP) is 4.46. The second-order valence-corrected chi connectivity index (χ2v) is 5.83. The van der Waals surface area contributed by atoms with Crippen LogP contribution in [0.15, 0.2) is 48.0 Å². The summed E-state index contributed by atoms with van der Waals surface area (Å²) in [6.45, 7) is 10.1. The van der Waals surface area contributed by atoms with E-state index >= 15 is 0 Å². The molecule has 0 heterocycles. The normalized spacial score (nSPS) is 10.9. The lowest BCUT2D eigenvalue weighted by molar-refractivity contribution is 0.117. The molecule has 1 aromatic rings. The maximum absolute atomic E-state index is 5.70. The molecular formula is C20H34IN3O. The molecule has 0 saturated carbocycles. The molecule has 0 atom stereocenters. The van der Waals surface area contributed by atoms with E-state index < -0.39 is 0 Å². The Bertz CT molecular complexity index is 465. The molecule has 0 spiro atoms. The minimum Gasteiger partial charge on any atom is -0.377 e. The number of nitrogens with one attached hydrogen (secondary N) is 1. The number of rotatable bonds is 12. The minimum absolute atomic E-state index is 0. The number of halogens is 1. The van der Waals surface area contributed by atoms with Crippen LogP contribution < -0.4 is 5.32 Å². The SMILES string of the molecule is C=CCCCN(C)C(=NCCCCOCc1ccccc1)NCC.I. The van der Waals surface area contributed by atoms with Crippen molar-refractivity contribution in [3.8, 4) is 0 Å². The van der Waals surface area contributed by atoms with Gasteiger partial charge in [-0.05, 0) is 38.2 Å². The van der Waals surface area contributed by atoms with Crippen LogP contribution in [-0.4, -0.2) is 44.1 Å². The van der Waals surface area contributed by atoms with Crippen LogP contribution in [0.5, 0.6) is 0 Å². The van der Waals surface area contributed by atoms with E-state index in [1.807, 2.05) is 24.3 Å². The lowest BCUT2D eigenvalue weighted by Crippen LogP contribution is -2.39. The number of nitrogens with zero attached hydrogens (tertiary/aromatic N) is 2. The Morgan fingerprint density at radius 3 is 2.68 bits per heavy atom. The first-order valence-corrected chi connectivity index (χ1v) is 9.00. The zero-order valence-electron chi connectivity index (χ0n) is 15.7. The zero-order chi connectivity index (χ0) is 17.5.